The van der Waals surface area contributed by atoms with E-state index < -0.39 is 10.8 Å². The zero-order valence-electron chi connectivity index (χ0n) is 12.6. The maximum Gasteiger partial charge on any atom is 0.284 e. The number of nitro benzene ring substituents is 1. The van der Waals surface area contributed by atoms with Crippen LogP contribution in [-0.2, 0) is 4.79 Å². The van der Waals surface area contributed by atoms with Crippen LogP contribution in [0.1, 0.15) is 31.1 Å². The summed E-state index contributed by atoms with van der Waals surface area (Å²) in [5.41, 5.74) is -0.0115. The number of benzene rings is 1. The first-order valence-electron chi connectivity index (χ1n) is 6.78. The molecule has 0 radical (unpaired) electrons. The van der Waals surface area contributed by atoms with Crippen LogP contribution in [0.3, 0.4) is 0 Å². The molecule has 0 spiro atoms. The monoisotopic (exact) mass is 371 g/mol. The Morgan fingerprint density at radius 3 is 2.55 bits per heavy atom. The number of rotatable bonds is 6. The second kappa shape index (κ2) is 7.88. The fraction of sp³-hybridized carbons (Fsp3) is 0.429. The third-order valence-electron chi connectivity index (χ3n) is 2.84. The van der Waals surface area contributed by atoms with Crippen LogP contribution in [0.5, 0.6) is 0 Å². The highest BCUT2D eigenvalue weighted by molar-refractivity contribution is 9.10. The molecule has 0 aliphatic rings. The van der Waals surface area contributed by atoms with E-state index in [1.165, 1.54) is 23.1 Å². The van der Waals surface area contributed by atoms with Crippen molar-refractivity contribution >= 4 is 33.4 Å². The summed E-state index contributed by atoms with van der Waals surface area (Å²) in [7, 11) is 0. The van der Waals surface area contributed by atoms with Gasteiger partial charge >= 0.3 is 0 Å². The Balaban J connectivity index is 2.95. The normalized spacial score (nSPS) is 10.4. The van der Waals surface area contributed by atoms with E-state index in [-0.39, 0.29) is 29.7 Å². The first-order chi connectivity index (χ1) is 10.3. The maximum atomic E-state index is 12.4. The van der Waals surface area contributed by atoms with Crippen LogP contribution in [-0.4, -0.2) is 40.8 Å². The Bertz CT molecular complexity index is 589. The second-order valence-electron chi connectivity index (χ2n) is 4.96. The SMILES string of the molecule is CCN(CC(=O)NC(C)C)C(=O)c1ccc(Br)c([N+](=O)[O-])c1. The van der Waals surface area contributed by atoms with Crippen molar-refractivity contribution in [2.24, 2.45) is 0 Å². The van der Waals surface area contributed by atoms with E-state index in [2.05, 4.69) is 21.2 Å². The molecule has 0 heterocycles. The third-order valence-corrected chi connectivity index (χ3v) is 3.51. The van der Waals surface area contributed by atoms with E-state index in [9.17, 15) is 19.7 Å². The molecule has 1 aromatic carbocycles. The Kier molecular flexibility index (Phi) is 6.48. The number of nitrogens with zero attached hydrogens (tertiary/aromatic N) is 2. The number of halogens is 1. The minimum absolute atomic E-state index is 0.0184. The molecule has 1 N–H and O–H groups in total. The van der Waals surface area contributed by atoms with Gasteiger partial charge in [-0.15, -0.1) is 0 Å². The lowest BCUT2D eigenvalue weighted by molar-refractivity contribution is -0.385. The van der Waals surface area contributed by atoms with Crippen molar-refractivity contribution in [3.05, 3.63) is 38.3 Å². The van der Waals surface area contributed by atoms with Crippen LogP contribution < -0.4 is 5.32 Å². The van der Waals surface area contributed by atoms with Crippen LogP contribution in [0.4, 0.5) is 5.69 Å². The van der Waals surface area contributed by atoms with Crippen molar-refractivity contribution in [1.29, 1.82) is 0 Å². The van der Waals surface area contributed by atoms with Gasteiger partial charge in [0, 0.05) is 24.2 Å². The summed E-state index contributed by atoms with van der Waals surface area (Å²) in [5, 5.41) is 13.6. The van der Waals surface area contributed by atoms with Gasteiger partial charge in [0.05, 0.1) is 15.9 Å². The van der Waals surface area contributed by atoms with E-state index in [4.69, 9.17) is 0 Å². The van der Waals surface area contributed by atoms with Gasteiger partial charge in [-0.1, -0.05) is 0 Å². The largest absolute Gasteiger partial charge is 0.352 e. The molecule has 0 bridgehead atoms. The molecule has 0 saturated heterocycles. The summed E-state index contributed by atoms with van der Waals surface area (Å²) >= 11 is 3.07. The summed E-state index contributed by atoms with van der Waals surface area (Å²) in [6.45, 7) is 5.64. The highest BCUT2D eigenvalue weighted by Crippen LogP contribution is 2.26. The van der Waals surface area contributed by atoms with E-state index in [0.29, 0.717) is 11.0 Å². The Labute approximate surface area is 137 Å². The molecule has 0 saturated carbocycles. The summed E-state index contributed by atoms with van der Waals surface area (Å²) in [6.07, 6.45) is 0. The lowest BCUT2D eigenvalue weighted by atomic mass is 10.1. The lowest BCUT2D eigenvalue weighted by Crippen LogP contribution is -2.42. The number of hydrogen-bond acceptors (Lipinski definition) is 4. The zero-order valence-corrected chi connectivity index (χ0v) is 14.2. The molecule has 8 heteroatoms. The minimum Gasteiger partial charge on any atom is -0.352 e. The van der Waals surface area contributed by atoms with Crippen LogP contribution in [0.2, 0.25) is 0 Å². The zero-order chi connectivity index (χ0) is 16.9. The van der Waals surface area contributed by atoms with Crippen molar-refractivity contribution in [2.75, 3.05) is 13.1 Å². The molecule has 22 heavy (non-hydrogen) atoms. The predicted octanol–water partition coefficient (Wildman–Crippen LogP) is 2.34. The molecule has 7 nitrogen and oxygen atoms in total. The first-order valence-corrected chi connectivity index (χ1v) is 7.58. The van der Waals surface area contributed by atoms with Crippen LogP contribution in [0.25, 0.3) is 0 Å². The quantitative estimate of drug-likeness (QED) is 0.613. The van der Waals surface area contributed by atoms with Crippen molar-refractivity contribution in [3.63, 3.8) is 0 Å². The molecule has 0 atom stereocenters. The van der Waals surface area contributed by atoms with Crippen molar-refractivity contribution in [2.45, 2.75) is 26.8 Å². The number of hydrogen-bond donors (Lipinski definition) is 1. The van der Waals surface area contributed by atoms with Gasteiger partial charge in [-0.05, 0) is 48.8 Å². The summed E-state index contributed by atoms with van der Waals surface area (Å²) in [6, 6.07) is 4.13. The number of nitro groups is 1. The van der Waals surface area contributed by atoms with Gasteiger partial charge in [0.1, 0.15) is 0 Å². The topological polar surface area (TPSA) is 92.6 Å². The van der Waals surface area contributed by atoms with Crippen molar-refractivity contribution in [3.8, 4) is 0 Å². The summed E-state index contributed by atoms with van der Waals surface area (Å²) in [5.74, 6) is -0.686. The average molecular weight is 372 g/mol. The van der Waals surface area contributed by atoms with Gasteiger partial charge < -0.3 is 10.2 Å². The lowest BCUT2D eigenvalue weighted by Gasteiger charge is -2.21. The van der Waals surface area contributed by atoms with E-state index in [0.717, 1.165) is 0 Å². The molecule has 2 amide bonds. The molecule has 0 fully saturated rings. The smallest absolute Gasteiger partial charge is 0.284 e. The Hall–Kier alpha value is -1.96. The minimum atomic E-state index is -0.567. The average Bonchev–Trinajstić information content (AvgIpc) is 2.43. The van der Waals surface area contributed by atoms with Gasteiger partial charge in [-0.25, -0.2) is 0 Å². The Morgan fingerprint density at radius 1 is 1.41 bits per heavy atom. The number of nitrogens with one attached hydrogen (secondary N) is 1. The van der Waals surface area contributed by atoms with Crippen LogP contribution in [0, 0.1) is 10.1 Å². The van der Waals surface area contributed by atoms with Gasteiger partial charge in [0.25, 0.3) is 11.6 Å². The second-order valence-corrected chi connectivity index (χ2v) is 5.82. The summed E-state index contributed by atoms with van der Waals surface area (Å²) < 4.78 is 0.301. The number of carbonyl (C=O) groups excluding carboxylic acids is 2. The van der Waals surface area contributed by atoms with Crippen LogP contribution >= 0.6 is 15.9 Å². The molecule has 0 aromatic heterocycles. The Morgan fingerprint density at radius 2 is 2.05 bits per heavy atom. The van der Waals surface area contributed by atoms with E-state index >= 15 is 0 Å². The maximum absolute atomic E-state index is 12.4. The molecule has 0 unspecified atom stereocenters. The fourth-order valence-electron chi connectivity index (χ4n) is 1.84. The molecular weight excluding hydrogens is 354 g/mol. The van der Waals surface area contributed by atoms with Crippen LogP contribution in [0.15, 0.2) is 22.7 Å². The van der Waals surface area contributed by atoms with Gasteiger partial charge in [-0.2, -0.15) is 0 Å². The molecular formula is C14H18BrN3O4. The first kappa shape index (κ1) is 18.1. The molecule has 1 aromatic rings. The van der Waals surface area contributed by atoms with Crippen molar-refractivity contribution in [1.82, 2.24) is 10.2 Å². The van der Waals surface area contributed by atoms with Gasteiger partial charge in [-0.3, -0.25) is 19.7 Å². The molecule has 0 aliphatic heterocycles. The number of amides is 2. The molecule has 1 rings (SSSR count). The highest BCUT2D eigenvalue weighted by Gasteiger charge is 2.21. The number of likely N-dealkylation sites (N-methyl/N-ethyl adjacent to an activating group) is 1. The van der Waals surface area contributed by atoms with Gasteiger partial charge in [0.15, 0.2) is 0 Å². The van der Waals surface area contributed by atoms with Crippen molar-refractivity contribution < 1.29 is 14.5 Å². The molecule has 0 aliphatic carbocycles. The van der Waals surface area contributed by atoms with E-state index in [1.807, 2.05) is 13.8 Å². The van der Waals surface area contributed by atoms with E-state index in [1.54, 1.807) is 6.92 Å². The third kappa shape index (κ3) is 4.80. The van der Waals surface area contributed by atoms with Gasteiger partial charge in [0.2, 0.25) is 5.91 Å². The highest BCUT2D eigenvalue weighted by atomic mass is 79.9. The molecule has 120 valence electrons. The standard InChI is InChI=1S/C14H18BrN3O4/c1-4-17(8-13(19)16-9(2)3)14(20)10-5-6-11(15)12(7-10)18(21)22/h5-7,9H,4,8H2,1-3H3,(H,16,19). The predicted molar refractivity (Wildman–Crippen MR) is 85.7 cm³/mol. The summed E-state index contributed by atoms with van der Waals surface area (Å²) in [4.78, 5) is 35.9. The fourth-order valence-corrected chi connectivity index (χ4v) is 2.23. The number of carbonyl (C=O) groups is 2.